The largest absolute Gasteiger partial charge is 0.465 e. The minimum absolute atomic E-state index is 0.0588. The van der Waals surface area contributed by atoms with Gasteiger partial charge in [-0.05, 0) is 47.0 Å². The first kappa shape index (κ1) is 31.7. The summed E-state index contributed by atoms with van der Waals surface area (Å²) in [6.07, 6.45) is -9.91. The Balaban J connectivity index is 0. The number of hydrogen-bond acceptors (Lipinski definition) is 4. The topological polar surface area (TPSA) is 52.6 Å². The van der Waals surface area contributed by atoms with Crippen molar-refractivity contribution < 1.29 is 45.4 Å². The molecule has 0 aliphatic rings. The van der Waals surface area contributed by atoms with Gasteiger partial charge in [-0.3, -0.25) is 9.59 Å². The van der Waals surface area contributed by atoms with E-state index in [4.69, 9.17) is 4.74 Å². The summed E-state index contributed by atoms with van der Waals surface area (Å²) in [7, 11) is 0. The van der Waals surface area contributed by atoms with E-state index in [-0.39, 0.29) is 17.8 Å². The Hall–Kier alpha value is -1.48. The van der Waals surface area contributed by atoms with Crippen LogP contribution in [0.4, 0.5) is 26.3 Å². The Bertz CT molecular complexity index is 525. The van der Waals surface area contributed by atoms with E-state index in [0.717, 1.165) is 19.3 Å². The molecule has 0 aliphatic carbocycles. The van der Waals surface area contributed by atoms with Gasteiger partial charge in [0.2, 0.25) is 0 Å². The smallest absolute Gasteiger partial charge is 0.434 e. The molecule has 0 aromatic rings. The second kappa shape index (κ2) is 13.2. The third kappa shape index (κ3) is 12.8. The van der Waals surface area contributed by atoms with Crippen LogP contribution < -0.4 is 0 Å². The molecule has 10 heteroatoms. The van der Waals surface area contributed by atoms with Crippen LogP contribution in [0.15, 0.2) is 0 Å². The zero-order chi connectivity index (χ0) is 25.1. The molecule has 0 radical (unpaired) electrons. The maximum atomic E-state index is 12.1. The van der Waals surface area contributed by atoms with Gasteiger partial charge in [0, 0.05) is 0 Å². The first-order valence-corrected chi connectivity index (χ1v) is 10.4. The monoisotopic (exact) mass is 466 g/mol. The molecule has 0 aromatic carbocycles. The van der Waals surface area contributed by atoms with Gasteiger partial charge in [-0.1, -0.05) is 40.0 Å². The van der Waals surface area contributed by atoms with Crippen molar-refractivity contribution >= 4 is 11.9 Å². The van der Waals surface area contributed by atoms with E-state index in [2.05, 4.69) is 11.7 Å². The highest BCUT2D eigenvalue weighted by Gasteiger charge is 2.60. The van der Waals surface area contributed by atoms with Gasteiger partial charge in [0.1, 0.15) is 0 Å². The predicted molar refractivity (Wildman–Crippen MR) is 105 cm³/mol. The van der Waals surface area contributed by atoms with Crippen LogP contribution in [0.3, 0.4) is 0 Å². The van der Waals surface area contributed by atoms with Crippen LogP contribution in [0.1, 0.15) is 87.0 Å². The van der Waals surface area contributed by atoms with E-state index in [1.165, 1.54) is 33.6 Å². The van der Waals surface area contributed by atoms with Crippen molar-refractivity contribution in [3.63, 3.8) is 0 Å². The molecule has 0 saturated heterocycles. The second-order valence-electron chi connectivity index (χ2n) is 8.54. The van der Waals surface area contributed by atoms with Crippen molar-refractivity contribution in [1.82, 2.24) is 0 Å². The average molecular weight is 467 g/mol. The van der Waals surface area contributed by atoms with Crippen LogP contribution in [0.25, 0.3) is 0 Å². The van der Waals surface area contributed by atoms with E-state index in [1.807, 2.05) is 20.8 Å². The number of hydrogen-bond donors (Lipinski definition) is 0. The summed E-state index contributed by atoms with van der Waals surface area (Å²) in [5.41, 5.74) is -1.71. The predicted octanol–water partition coefficient (Wildman–Crippen LogP) is 7.01. The number of alkyl halides is 6. The third-order valence-electron chi connectivity index (χ3n) is 4.92. The Labute approximate surface area is 181 Å². The van der Waals surface area contributed by atoms with Crippen molar-refractivity contribution in [2.45, 2.75) is 105 Å². The Morgan fingerprint density at radius 1 is 0.710 bits per heavy atom. The van der Waals surface area contributed by atoms with E-state index in [1.54, 1.807) is 0 Å². The molecule has 31 heavy (non-hydrogen) atoms. The third-order valence-corrected chi connectivity index (χ3v) is 4.92. The highest BCUT2D eigenvalue weighted by Crippen LogP contribution is 2.37. The number of carbonyl (C=O) groups is 2. The van der Waals surface area contributed by atoms with Crippen LogP contribution >= 0.6 is 0 Å². The fraction of sp³-hybridized carbons (Fsp3) is 0.905. The Morgan fingerprint density at radius 2 is 1.13 bits per heavy atom. The van der Waals surface area contributed by atoms with Gasteiger partial charge < -0.3 is 9.47 Å². The van der Waals surface area contributed by atoms with Crippen LogP contribution in [-0.2, 0) is 19.1 Å². The molecule has 186 valence electrons. The van der Waals surface area contributed by atoms with Crippen LogP contribution in [0.5, 0.6) is 0 Å². The van der Waals surface area contributed by atoms with Crippen molar-refractivity contribution in [3.05, 3.63) is 0 Å². The summed E-state index contributed by atoms with van der Waals surface area (Å²) in [6, 6.07) is 0. The van der Waals surface area contributed by atoms with Gasteiger partial charge in [-0.15, -0.1) is 0 Å². The molecule has 0 spiro atoms. The normalized spacial score (nSPS) is 12.8. The van der Waals surface area contributed by atoms with E-state index < -0.39 is 29.8 Å². The summed E-state index contributed by atoms with van der Waals surface area (Å²) >= 11 is 0. The van der Waals surface area contributed by atoms with Gasteiger partial charge in [0.25, 0.3) is 6.10 Å². The van der Waals surface area contributed by atoms with Crippen LogP contribution in [0, 0.1) is 10.8 Å². The zero-order valence-corrected chi connectivity index (χ0v) is 19.4. The SMILES string of the molecule is CCC(C)(C)C(=O)OC(C(F)(F)F)C(F)(F)F.CCCCCCOC(=O)C(C)(C)CC. The highest BCUT2D eigenvalue weighted by atomic mass is 19.4. The van der Waals surface area contributed by atoms with Crippen molar-refractivity contribution in [2.75, 3.05) is 6.61 Å². The van der Waals surface area contributed by atoms with Gasteiger partial charge in [-0.2, -0.15) is 26.3 Å². The summed E-state index contributed by atoms with van der Waals surface area (Å²) < 4.78 is 81.2. The molecular formula is C21H36F6O4. The quantitative estimate of drug-likeness (QED) is 0.198. The Kier molecular flexibility index (Phi) is 13.5. The lowest BCUT2D eigenvalue weighted by Gasteiger charge is -2.27. The minimum Gasteiger partial charge on any atom is -0.465 e. The maximum Gasteiger partial charge on any atom is 0.434 e. The second-order valence-corrected chi connectivity index (χ2v) is 8.54. The number of unbranched alkanes of at least 4 members (excludes halogenated alkanes) is 3. The lowest BCUT2D eigenvalue weighted by Crippen LogP contribution is -2.47. The maximum absolute atomic E-state index is 12.1. The summed E-state index contributed by atoms with van der Waals surface area (Å²) in [4.78, 5) is 22.7. The molecular weight excluding hydrogens is 430 g/mol. The molecule has 0 aliphatic heterocycles. The molecule has 0 heterocycles. The molecule has 0 saturated carbocycles. The van der Waals surface area contributed by atoms with Crippen molar-refractivity contribution in [1.29, 1.82) is 0 Å². The van der Waals surface area contributed by atoms with E-state index >= 15 is 0 Å². The standard InChI is InChI=1S/C12H24O2.C9H12F6O2/c1-5-7-8-9-10-14-11(13)12(3,4)6-2;1-4-7(2,3)6(16)17-5(8(10,11)12)9(13,14)15/h5-10H2,1-4H3;5H,4H2,1-3H3. The molecule has 4 nitrogen and oxygen atoms in total. The lowest BCUT2D eigenvalue weighted by atomic mass is 9.90. The Morgan fingerprint density at radius 3 is 1.48 bits per heavy atom. The van der Waals surface area contributed by atoms with Crippen LogP contribution in [0.2, 0.25) is 0 Å². The molecule has 0 unspecified atom stereocenters. The van der Waals surface area contributed by atoms with Gasteiger partial charge in [-0.25, -0.2) is 0 Å². The number of rotatable bonds is 10. The molecule has 0 amide bonds. The van der Waals surface area contributed by atoms with E-state index in [0.29, 0.717) is 6.61 Å². The number of esters is 2. The molecule has 0 bridgehead atoms. The van der Waals surface area contributed by atoms with Gasteiger partial charge in [0.15, 0.2) is 0 Å². The average Bonchev–Trinajstić information content (AvgIpc) is 2.64. The molecule has 0 N–H and O–H groups in total. The van der Waals surface area contributed by atoms with Gasteiger partial charge >= 0.3 is 24.3 Å². The number of ether oxygens (including phenoxy) is 2. The summed E-state index contributed by atoms with van der Waals surface area (Å²) in [5.74, 6) is -1.59. The molecule has 0 atom stereocenters. The fourth-order valence-corrected chi connectivity index (χ4v) is 1.76. The van der Waals surface area contributed by atoms with E-state index in [9.17, 15) is 35.9 Å². The highest BCUT2D eigenvalue weighted by molar-refractivity contribution is 5.76. The van der Waals surface area contributed by atoms with Crippen molar-refractivity contribution in [3.8, 4) is 0 Å². The number of carbonyl (C=O) groups excluding carboxylic acids is 2. The number of halogens is 6. The molecule has 0 rings (SSSR count). The minimum atomic E-state index is -5.67. The van der Waals surface area contributed by atoms with Crippen LogP contribution in [-0.4, -0.2) is 37.0 Å². The first-order valence-electron chi connectivity index (χ1n) is 10.4. The molecule has 0 fully saturated rings. The zero-order valence-electron chi connectivity index (χ0n) is 19.4. The summed E-state index contributed by atoms with van der Waals surface area (Å²) in [5, 5.41) is 0. The molecule has 0 aromatic heterocycles. The first-order chi connectivity index (χ1) is 13.9. The van der Waals surface area contributed by atoms with Crippen molar-refractivity contribution in [2.24, 2.45) is 10.8 Å². The fourth-order valence-electron chi connectivity index (χ4n) is 1.76. The summed E-state index contributed by atoms with van der Waals surface area (Å²) in [6.45, 7) is 12.5. The van der Waals surface area contributed by atoms with Gasteiger partial charge in [0.05, 0.1) is 17.4 Å². The lowest BCUT2D eigenvalue weighted by molar-refractivity contribution is -0.315.